The predicted octanol–water partition coefficient (Wildman–Crippen LogP) is 4.48. The molecule has 1 aromatic rings. The lowest BCUT2D eigenvalue weighted by Gasteiger charge is -2.17. The minimum atomic E-state index is 0.181. The molecule has 0 saturated heterocycles. The first-order valence-electron chi connectivity index (χ1n) is 6.39. The predicted molar refractivity (Wildman–Crippen MR) is 75.1 cm³/mol. The van der Waals surface area contributed by atoms with Crippen LogP contribution in [-0.2, 0) is 0 Å². The van der Waals surface area contributed by atoms with Gasteiger partial charge in [0.15, 0.2) is 11.5 Å². The Morgan fingerprint density at radius 3 is 2.39 bits per heavy atom. The van der Waals surface area contributed by atoms with Crippen molar-refractivity contribution in [2.24, 2.45) is 5.41 Å². The molecular formula is C16H22O2. The van der Waals surface area contributed by atoms with E-state index in [4.69, 9.17) is 9.47 Å². The van der Waals surface area contributed by atoms with Gasteiger partial charge in [0.05, 0.1) is 0 Å². The molecule has 98 valence electrons. The molecule has 0 aliphatic carbocycles. The summed E-state index contributed by atoms with van der Waals surface area (Å²) in [5, 5.41) is 0. The van der Waals surface area contributed by atoms with Crippen molar-refractivity contribution in [3.8, 4) is 11.5 Å². The van der Waals surface area contributed by atoms with Crippen LogP contribution in [-0.4, -0.2) is 6.79 Å². The smallest absolute Gasteiger partial charge is 0.231 e. The van der Waals surface area contributed by atoms with Crippen molar-refractivity contribution in [1.82, 2.24) is 0 Å². The van der Waals surface area contributed by atoms with Crippen LogP contribution >= 0.6 is 0 Å². The molecule has 2 heteroatoms. The zero-order valence-corrected chi connectivity index (χ0v) is 12.2. The first kappa shape index (κ1) is 13.0. The Labute approximate surface area is 110 Å². The largest absolute Gasteiger partial charge is 0.453 e. The molecule has 0 saturated carbocycles. The molecule has 18 heavy (non-hydrogen) atoms. The third kappa shape index (κ3) is 2.38. The summed E-state index contributed by atoms with van der Waals surface area (Å²) in [4.78, 5) is 0. The maximum Gasteiger partial charge on any atom is 0.231 e. The molecule has 0 amide bonds. The van der Waals surface area contributed by atoms with E-state index in [1.165, 1.54) is 16.7 Å². The Hall–Kier alpha value is -1.44. The van der Waals surface area contributed by atoms with Crippen LogP contribution in [0.25, 0.3) is 5.57 Å². The number of hydrogen-bond acceptors (Lipinski definition) is 2. The first-order valence-corrected chi connectivity index (χ1v) is 6.39. The third-order valence-electron chi connectivity index (χ3n) is 3.15. The lowest BCUT2D eigenvalue weighted by atomic mass is 9.89. The van der Waals surface area contributed by atoms with Gasteiger partial charge in [-0.25, -0.2) is 0 Å². The second-order valence-electron chi connectivity index (χ2n) is 6.12. The van der Waals surface area contributed by atoms with Crippen molar-refractivity contribution in [3.05, 3.63) is 28.8 Å². The minimum Gasteiger partial charge on any atom is -0.453 e. The van der Waals surface area contributed by atoms with E-state index < -0.39 is 0 Å². The number of benzene rings is 1. The summed E-state index contributed by atoms with van der Waals surface area (Å²) in [5.41, 5.74) is 5.05. The van der Waals surface area contributed by atoms with E-state index in [0.717, 1.165) is 17.1 Å². The van der Waals surface area contributed by atoms with Gasteiger partial charge in [0.25, 0.3) is 0 Å². The molecule has 0 fully saturated rings. The Balaban J connectivity index is 2.54. The maximum atomic E-state index is 5.58. The number of hydrogen-bond donors (Lipinski definition) is 0. The van der Waals surface area contributed by atoms with Crippen LogP contribution in [0.1, 0.15) is 44.4 Å². The third-order valence-corrected chi connectivity index (χ3v) is 3.15. The molecule has 1 aliphatic heterocycles. The van der Waals surface area contributed by atoms with Crippen LogP contribution in [0, 0.1) is 19.3 Å². The number of ether oxygens (including phenoxy) is 2. The Kier molecular flexibility index (Phi) is 3.14. The molecule has 0 atom stereocenters. The van der Waals surface area contributed by atoms with E-state index in [9.17, 15) is 0 Å². The molecule has 0 spiro atoms. The Bertz CT molecular complexity index is 505. The van der Waals surface area contributed by atoms with Gasteiger partial charge in [0.1, 0.15) is 0 Å². The monoisotopic (exact) mass is 246 g/mol. The average molecular weight is 246 g/mol. The normalized spacial score (nSPS) is 15.1. The van der Waals surface area contributed by atoms with Crippen molar-refractivity contribution >= 4 is 5.57 Å². The summed E-state index contributed by atoms with van der Waals surface area (Å²) in [7, 11) is 0. The number of fused-ring (bicyclic) bond motifs is 1. The Morgan fingerprint density at radius 2 is 1.78 bits per heavy atom. The summed E-state index contributed by atoms with van der Waals surface area (Å²) in [6, 6.07) is 2.19. The number of rotatable bonds is 1. The van der Waals surface area contributed by atoms with E-state index in [1.807, 2.05) is 0 Å². The number of aryl methyl sites for hydroxylation is 1. The van der Waals surface area contributed by atoms with Gasteiger partial charge in [-0.05, 0) is 49.0 Å². The molecule has 0 N–H and O–H groups in total. The summed E-state index contributed by atoms with van der Waals surface area (Å²) in [6.45, 7) is 13.3. The van der Waals surface area contributed by atoms with Gasteiger partial charge in [0.2, 0.25) is 6.79 Å². The topological polar surface area (TPSA) is 18.5 Å². The lowest BCUT2D eigenvalue weighted by molar-refractivity contribution is 0.173. The van der Waals surface area contributed by atoms with Crippen molar-refractivity contribution in [2.45, 2.75) is 41.5 Å². The summed E-state index contributed by atoms with van der Waals surface area (Å²) in [6.07, 6.45) is 2.30. The van der Waals surface area contributed by atoms with Crippen molar-refractivity contribution in [3.63, 3.8) is 0 Å². The second-order valence-corrected chi connectivity index (χ2v) is 6.12. The number of allylic oxidation sites excluding steroid dienone is 2. The molecule has 1 aromatic carbocycles. The Morgan fingerprint density at radius 1 is 1.17 bits per heavy atom. The van der Waals surface area contributed by atoms with Crippen LogP contribution in [0.3, 0.4) is 0 Å². The van der Waals surface area contributed by atoms with Gasteiger partial charge >= 0.3 is 0 Å². The summed E-state index contributed by atoms with van der Waals surface area (Å²) < 4.78 is 11.1. The molecule has 2 rings (SSSR count). The highest BCUT2D eigenvalue weighted by Gasteiger charge is 2.22. The van der Waals surface area contributed by atoms with Crippen molar-refractivity contribution in [2.75, 3.05) is 6.79 Å². The molecule has 2 nitrogen and oxygen atoms in total. The standard InChI is InChI=1S/C16H22O2/c1-10-7-13(11(2)8-16(4,5)6)12(3)15-14(10)17-9-18-15/h7-8H,9H2,1-6H3/b11-8+. The van der Waals surface area contributed by atoms with E-state index in [-0.39, 0.29) is 5.41 Å². The summed E-state index contributed by atoms with van der Waals surface area (Å²) in [5.74, 6) is 1.81. The molecule has 0 bridgehead atoms. The molecule has 1 heterocycles. The minimum absolute atomic E-state index is 0.181. The molecule has 0 unspecified atom stereocenters. The molecule has 1 aliphatic rings. The van der Waals surface area contributed by atoms with Crippen molar-refractivity contribution < 1.29 is 9.47 Å². The molecule has 0 radical (unpaired) electrons. The zero-order chi connectivity index (χ0) is 13.5. The average Bonchev–Trinajstić information content (AvgIpc) is 2.70. The van der Waals surface area contributed by atoms with Gasteiger partial charge < -0.3 is 9.47 Å². The van der Waals surface area contributed by atoms with Gasteiger partial charge in [0, 0.05) is 5.56 Å². The fourth-order valence-electron chi connectivity index (χ4n) is 2.50. The van der Waals surface area contributed by atoms with Crippen LogP contribution in [0.4, 0.5) is 0 Å². The van der Waals surface area contributed by atoms with E-state index in [2.05, 4.69) is 53.7 Å². The van der Waals surface area contributed by atoms with Crippen LogP contribution in [0.15, 0.2) is 12.1 Å². The molecular weight excluding hydrogens is 224 g/mol. The highest BCUT2D eigenvalue weighted by Crippen LogP contribution is 2.42. The van der Waals surface area contributed by atoms with Gasteiger partial charge in [-0.3, -0.25) is 0 Å². The summed E-state index contributed by atoms with van der Waals surface area (Å²) >= 11 is 0. The maximum absolute atomic E-state index is 5.58. The van der Waals surface area contributed by atoms with Crippen LogP contribution in [0.5, 0.6) is 11.5 Å². The van der Waals surface area contributed by atoms with E-state index >= 15 is 0 Å². The SMILES string of the molecule is C/C(=C\C(C)(C)C)c1cc(C)c2c(c1C)OCO2. The lowest BCUT2D eigenvalue weighted by Crippen LogP contribution is -2.01. The van der Waals surface area contributed by atoms with Crippen LogP contribution < -0.4 is 9.47 Å². The van der Waals surface area contributed by atoms with E-state index in [0.29, 0.717) is 6.79 Å². The van der Waals surface area contributed by atoms with Gasteiger partial charge in [-0.15, -0.1) is 0 Å². The highest BCUT2D eigenvalue weighted by molar-refractivity contribution is 5.72. The van der Waals surface area contributed by atoms with Gasteiger partial charge in [-0.2, -0.15) is 0 Å². The van der Waals surface area contributed by atoms with Crippen LogP contribution in [0.2, 0.25) is 0 Å². The molecule has 0 aromatic heterocycles. The van der Waals surface area contributed by atoms with Crippen molar-refractivity contribution in [1.29, 1.82) is 0 Å². The van der Waals surface area contributed by atoms with Gasteiger partial charge in [-0.1, -0.05) is 26.8 Å². The highest BCUT2D eigenvalue weighted by atomic mass is 16.7. The first-order chi connectivity index (χ1) is 8.29. The zero-order valence-electron chi connectivity index (χ0n) is 12.2. The second kappa shape index (κ2) is 4.34. The quantitative estimate of drug-likeness (QED) is 0.727. The fraction of sp³-hybridized carbons (Fsp3) is 0.500. The van der Waals surface area contributed by atoms with E-state index in [1.54, 1.807) is 0 Å². The fourth-order valence-corrected chi connectivity index (χ4v) is 2.50.